The van der Waals surface area contributed by atoms with Crippen LogP contribution < -0.4 is 0 Å². The summed E-state index contributed by atoms with van der Waals surface area (Å²) in [5.41, 5.74) is -1.85. The molecule has 0 radical (unpaired) electrons. The number of alkyl halides is 1. The van der Waals surface area contributed by atoms with Crippen molar-refractivity contribution in [3.05, 3.63) is 92.8 Å². The zero-order valence-corrected chi connectivity index (χ0v) is 97.1. The van der Waals surface area contributed by atoms with Crippen LogP contribution >= 0.6 is 15.9 Å². The Morgan fingerprint density at radius 3 is 0.762 bits per heavy atom. The molecule has 804 valence electrons. The molecule has 0 aromatic rings. The van der Waals surface area contributed by atoms with Gasteiger partial charge in [0.05, 0.1) is 70.5 Å². The fourth-order valence-electron chi connectivity index (χ4n) is 45.1. The molecule has 16 saturated carbocycles. The second kappa shape index (κ2) is 34.0. The first-order chi connectivity index (χ1) is 68.0. The van der Waals surface area contributed by atoms with Crippen LogP contribution in [0.1, 0.15) is 399 Å². The Morgan fingerprint density at radius 2 is 0.524 bits per heavy atom. The molecule has 18 heteroatoms. The summed E-state index contributed by atoms with van der Waals surface area (Å²) in [6.45, 7) is 98.0. The van der Waals surface area contributed by atoms with E-state index >= 15 is 0 Å². The van der Waals surface area contributed by atoms with Gasteiger partial charge >= 0.3 is 0 Å². The third-order valence-corrected chi connectivity index (χ3v) is 54.7. The number of carbonyl (C=O) groups excluding carboxylic acids is 8. The topological polar surface area (TPSA) is 218 Å². The first kappa shape index (κ1) is 108. The third kappa shape index (κ3) is 14.6. The summed E-state index contributed by atoms with van der Waals surface area (Å²) in [7, 11) is 0. The first-order valence-electron chi connectivity index (χ1n) is 58.4. The molecule has 19 fully saturated rings. The highest BCUT2D eigenvalue weighted by molar-refractivity contribution is 9.09. The first-order valence-corrected chi connectivity index (χ1v) is 59.5. The summed E-state index contributed by atoms with van der Waals surface area (Å²) in [6, 6.07) is 0. The van der Waals surface area contributed by atoms with Gasteiger partial charge in [0.2, 0.25) is 22.8 Å². The van der Waals surface area contributed by atoms with Gasteiger partial charge < -0.3 is 43.2 Å². The maximum Gasteiger partial charge on any atom is 0.226 e. The van der Waals surface area contributed by atoms with Crippen LogP contribution in [0.5, 0.6) is 0 Å². The molecule has 0 amide bonds. The number of nitrogens with zero attached hydrogens (tertiary/aromatic N) is 4. The fourth-order valence-corrected chi connectivity index (χ4v) is 45.8. The fraction of sp³-hybridized carbons (Fsp3) is 0.845. The largest absolute Gasteiger partial charge is 0.392 e. The van der Waals surface area contributed by atoms with Gasteiger partial charge in [-0.05, 0) is 337 Å². The van der Waals surface area contributed by atoms with Crippen LogP contribution in [0.25, 0.3) is 19.4 Å². The molecule has 0 spiro atoms. The van der Waals surface area contributed by atoms with Crippen molar-refractivity contribution in [1.29, 1.82) is 0 Å². The molecule has 23 rings (SSSR count). The van der Waals surface area contributed by atoms with Gasteiger partial charge in [-0.15, -0.1) is 0 Å². The van der Waals surface area contributed by atoms with Gasteiger partial charge in [-0.3, -0.25) is 19.2 Å². The minimum Gasteiger partial charge on any atom is -0.392 e. The molecule has 36 atom stereocenters. The number of hydrogen-bond donors (Lipinski definition) is 1. The molecule has 3 heterocycles. The van der Waals surface area contributed by atoms with Gasteiger partial charge in [0, 0.05) is 98.0 Å². The number of ketones is 8. The van der Waals surface area contributed by atoms with Crippen molar-refractivity contribution < 1.29 is 62.4 Å². The number of ether oxygens (including phenoxy) is 4. The molecule has 0 bridgehead atoms. The van der Waals surface area contributed by atoms with E-state index in [0.29, 0.717) is 109 Å². The Labute approximate surface area is 891 Å². The quantitative estimate of drug-likeness (QED) is 0.154. The van der Waals surface area contributed by atoms with E-state index in [9.17, 15) is 43.5 Å². The number of fused-ring (bicyclic) bond motifs is 28. The van der Waals surface area contributed by atoms with Crippen molar-refractivity contribution in [2.24, 2.45) is 225 Å². The van der Waals surface area contributed by atoms with Crippen molar-refractivity contribution in [2.45, 2.75) is 424 Å². The second-order valence-electron chi connectivity index (χ2n) is 63.0. The van der Waals surface area contributed by atoms with Crippen molar-refractivity contribution >= 4 is 62.2 Å². The molecule has 1 N–H and O–H groups in total. The summed E-state index contributed by atoms with van der Waals surface area (Å²) in [5, 5.41) is 12.0. The maximum atomic E-state index is 14.6. The number of epoxide rings is 2. The van der Waals surface area contributed by atoms with Crippen molar-refractivity contribution in [3.8, 4) is 0 Å². The average Bonchev–Trinajstić information content (AvgIpc) is 1.67. The van der Waals surface area contributed by atoms with Gasteiger partial charge in [-0.1, -0.05) is 234 Å². The lowest BCUT2D eigenvalue weighted by atomic mass is 9.31. The van der Waals surface area contributed by atoms with Crippen LogP contribution in [-0.2, 0) is 57.3 Å². The maximum absolute atomic E-state index is 14.6. The standard InChI is InChI=1S/C33H47NO4.C32H46BrNO3.2C32H45NO3/c1-28(2)11-13-33(25-18-37-19-38-25)14-12-32(7)26(20(33)16-28)22(35)15-24-30(5)17-21(34-8)27(36)29(3,4)23(30)9-10-31(24,32)6;1-27(2)11-13-32(24(36)18-33)14-12-31(7)25(19(32)16-27)21(35)15-23-29(5)17-20(34-8)26(37)28(3,4)22(29)9-10-30(23,31)6;2*1-27(2)11-13-32(24-18-36-24)14-12-31(7)25(19(32)16-27)21(34)15-23-29(5)17-20(33-8)26(35)28(3,4)22(29)9-10-30(23,31)6/h17,20,23-26H,9-16,18-19H2,1-7H3;17,19,22-25,36H,9-16,18H2,1-7H3;2*17,19,22-25H,9-16,18H2,1-7H3/t20-,23-,24+,25?,26-,30-,31+,32+,33-;3*19-,22-,23+,24?,25-,29-,30+,31+,32-/m0000/s1. The lowest BCUT2D eigenvalue weighted by Gasteiger charge is -2.72. The molecular weight excluding hydrogens is 1890 g/mol. The number of aliphatic hydroxyl groups is 1. The predicted octanol–water partition coefficient (Wildman–Crippen LogP) is 28.5. The average molecular weight is 2080 g/mol. The summed E-state index contributed by atoms with van der Waals surface area (Å²) >= 11 is 3.60. The van der Waals surface area contributed by atoms with Gasteiger partial charge in [0.15, 0.2) is 23.1 Å². The molecule has 0 aromatic carbocycles. The van der Waals surface area contributed by atoms with E-state index in [1.54, 1.807) is 0 Å². The Kier molecular flexibility index (Phi) is 25.1. The Balaban J connectivity index is 0.000000119. The smallest absolute Gasteiger partial charge is 0.226 e. The number of halogens is 1. The monoisotopic (exact) mass is 2080 g/mol. The Hall–Kier alpha value is -5.44. The minimum atomic E-state index is -0.597. The van der Waals surface area contributed by atoms with Crippen LogP contribution in [0.3, 0.4) is 0 Å². The van der Waals surface area contributed by atoms with Crippen molar-refractivity contribution in [3.63, 3.8) is 0 Å². The normalized spacial score (nSPS) is 51.3. The Morgan fingerprint density at radius 1 is 0.299 bits per heavy atom. The van der Waals surface area contributed by atoms with E-state index < -0.39 is 27.8 Å². The van der Waals surface area contributed by atoms with Crippen LogP contribution in [0.2, 0.25) is 0 Å². The number of carbonyl (C=O) groups is 8. The number of allylic oxidation sites excluding steroid dienone is 8. The molecule has 0 aromatic heterocycles. The van der Waals surface area contributed by atoms with E-state index in [2.05, 4.69) is 174 Å². The van der Waals surface area contributed by atoms with Gasteiger partial charge in [-0.25, -0.2) is 19.4 Å². The van der Waals surface area contributed by atoms with Gasteiger partial charge in [0.1, 0.15) is 29.9 Å². The highest BCUT2D eigenvalue weighted by Crippen LogP contribution is 2.84. The van der Waals surface area contributed by atoms with Gasteiger partial charge in [-0.2, -0.15) is 0 Å². The zero-order valence-electron chi connectivity index (χ0n) is 95.5. The SMILES string of the molecule is [C-]#[N+]C1=C[C@]2(C)[C@H]3CC(=O)[C@@H]4[C@@H]5CC(C)(C)CC[C@]5(C(O)CBr)CC[C@@]4(C)[C@]3(C)CC[C@H]2C(C)(C)C1=O.[C-]#[N+]C1=C[C@]2(C)[C@H]3CC(=O)[C@@H]4[C@@H]5CC(C)(C)CC[C@]5(C5CO5)CC[C@@]4(C)[C@]3(C)CC[C@H]2C(C)(C)C1=O.[C-]#[N+]C1=C[C@]2(C)[C@H]3CC(=O)[C@@H]4[C@@H]5CC(C)(C)CC[C@]5(C5CO5)CC[C@@]4(C)[C@]3(C)CC[C@H]2C(C)(C)C1=O.[C-]#[N+]C1=C[C@]2(C)[C@H]3CC(=O)[C@@H]4[C@@H]5CC(C)(C)CC[C@]5(C5COCO5)CC[C@@]4(C)[C@]3(C)CC[C@H]2C(C)(C)C1=O. The zero-order chi connectivity index (χ0) is 107. The van der Waals surface area contributed by atoms with Gasteiger partial charge in [0.25, 0.3) is 0 Å². The van der Waals surface area contributed by atoms with Crippen molar-refractivity contribution in [1.82, 2.24) is 0 Å². The lowest BCUT2D eigenvalue weighted by Crippen LogP contribution is -2.69. The molecule has 147 heavy (non-hydrogen) atoms. The third-order valence-electron chi connectivity index (χ3n) is 54.1. The van der Waals surface area contributed by atoms with Crippen LogP contribution in [-0.4, -0.2) is 108 Å². The minimum absolute atomic E-state index is 0.00822. The summed E-state index contributed by atoms with van der Waals surface area (Å²) in [4.78, 5) is 126. The molecule has 17 nitrogen and oxygen atoms in total. The van der Waals surface area contributed by atoms with Crippen LogP contribution in [0.4, 0.5) is 0 Å². The molecule has 20 aliphatic carbocycles. The molecule has 3 aliphatic heterocycles. The van der Waals surface area contributed by atoms with Crippen molar-refractivity contribution in [2.75, 3.05) is 31.9 Å². The number of rotatable bonds is 5. The predicted molar refractivity (Wildman–Crippen MR) is 575 cm³/mol. The molecular formula is C129H183BrN4O13. The highest BCUT2D eigenvalue weighted by atomic mass is 79.9. The molecule has 3 saturated heterocycles. The van der Waals surface area contributed by atoms with E-state index in [1.165, 1.54) is 44.9 Å². The number of hydrogen-bond acceptors (Lipinski definition) is 13. The van der Waals surface area contributed by atoms with Crippen LogP contribution in [0.15, 0.2) is 47.1 Å². The van der Waals surface area contributed by atoms with E-state index in [0.717, 1.165) is 148 Å². The summed E-state index contributed by atoms with van der Waals surface area (Å²) in [5.74, 6) is 4.36. The molecule has 23 aliphatic rings. The van der Waals surface area contributed by atoms with E-state index in [-0.39, 0.29) is 226 Å². The summed E-state index contributed by atoms with van der Waals surface area (Å²) in [6.07, 6.45) is 40.9. The van der Waals surface area contributed by atoms with E-state index in [4.69, 9.17) is 45.2 Å². The Bertz CT molecular complexity index is 5680. The second-order valence-corrected chi connectivity index (χ2v) is 63.7. The highest BCUT2D eigenvalue weighted by Gasteiger charge is 2.81. The number of Topliss-reactive ketones (excluding diaryl/α,β-unsaturated/α-hetero) is 8. The molecule has 4 unspecified atom stereocenters. The van der Waals surface area contributed by atoms with Crippen LogP contribution in [0, 0.1) is 251 Å². The summed E-state index contributed by atoms with van der Waals surface area (Å²) < 4.78 is 24.0. The van der Waals surface area contributed by atoms with E-state index in [1.807, 2.05) is 79.7 Å². The lowest BCUT2D eigenvalue weighted by molar-refractivity contribution is -0.234. The number of aliphatic hydroxyl groups excluding tert-OH is 1.